The SMILES string of the molecule is CC(N)C(O)c1cccc(C(F)(F)F)c1N. The van der Waals surface area contributed by atoms with E-state index in [9.17, 15) is 18.3 Å². The van der Waals surface area contributed by atoms with Gasteiger partial charge in [0.05, 0.1) is 11.7 Å². The van der Waals surface area contributed by atoms with Crippen molar-refractivity contribution in [1.29, 1.82) is 0 Å². The highest BCUT2D eigenvalue weighted by molar-refractivity contribution is 5.56. The Hall–Kier alpha value is -1.27. The first kappa shape index (κ1) is 12.8. The Kier molecular flexibility index (Phi) is 3.44. The lowest BCUT2D eigenvalue weighted by Crippen LogP contribution is -2.25. The third-order valence-corrected chi connectivity index (χ3v) is 2.26. The molecule has 0 aliphatic carbocycles. The Labute approximate surface area is 90.9 Å². The predicted octanol–water partition coefficient (Wildman–Crippen LogP) is 1.67. The molecule has 1 rings (SSSR count). The third-order valence-electron chi connectivity index (χ3n) is 2.26. The van der Waals surface area contributed by atoms with Crippen LogP contribution in [0.15, 0.2) is 18.2 Å². The van der Waals surface area contributed by atoms with Gasteiger partial charge in [0.2, 0.25) is 0 Å². The van der Waals surface area contributed by atoms with Crippen LogP contribution in [0, 0.1) is 0 Å². The molecule has 5 N–H and O–H groups in total. The van der Waals surface area contributed by atoms with E-state index in [0.29, 0.717) is 0 Å². The largest absolute Gasteiger partial charge is 0.418 e. The minimum absolute atomic E-state index is 0.00447. The number of para-hydroxylation sites is 1. The van der Waals surface area contributed by atoms with Crippen molar-refractivity contribution in [3.8, 4) is 0 Å². The molecule has 90 valence electrons. The van der Waals surface area contributed by atoms with E-state index >= 15 is 0 Å². The molecule has 1 aromatic rings. The van der Waals surface area contributed by atoms with Crippen molar-refractivity contribution in [3.05, 3.63) is 29.3 Å². The maximum absolute atomic E-state index is 12.5. The fourth-order valence-corrected chi connectivity index (χ4v) is 1.37. The number of halogens is 3. The molecule has 3 nitrogen and oxygen atoms in total. The van der Waals surface area contributed by atoms with Gasteiger partial charge in [0.25, 0.3) is 0 Å². The highest BCUT2D eigenvalue weighted by Crippen LogP contribution is 2.36. The lowest BCUT2D eigenvalue weighted by Gasteiger charge is -2.19. The van der Waals surface area contributed by atoms with E-state index in [4.69, 9.17) is 11.5 Å². The molecule has 0 aromatic heterocycles. The quantitative estimate of drug-likeness (QED) is 0.681. The number of anilines is 1. The Bertz CT molecular complexity index is 377. The zero-order chi connectivity index (χ0) is 12.5. The van der Waals surface area contributed by atoms with Gasteiger partial charge < -0.3 is 16.6 Å². The van der Waals surface area contributed by atoms with Gasteiger partial charge in [-0.1, -0.05) is 12.1 Å². The Balaban J connectivity index is 3.24. The summed E-state index contributed by atoms with van der Waals surface area (Å²) in [5, 5.41) is 9.60. The molecule has 1 aromatic carbocycles. The molecular weight excluding hydrogens is 221 g/mol. The summed E-state index contributed by atoms with van der Waals surface area (Å²) < 4.78 is 37.5. The molecule has 0 saturated heterocycles. The zero-order valence-corrected chi connectivity index (χ0v) is 8.62. The molecule has 16 heavy (non-hydrogen) atoms. The summed E-state index contributed by atoms with van der Waals surface area (Å²) in [5.74, 6) is 0. The Morgan fingerprint density at radius 3 is 2.31 bits per heavy atom. The van der Waals surface area contributed by atoms with Crippen molar-refractivity contribution >= 4 is 5.69 Å². The van der Waals surface area contributed by atoms with Crippen molar-refractivity contribution in [2.24, 2.45) is 5.73 Å². The van der Waals surface area contributed by atoms with Crippen LogP contribution in [-0.4, -0.2) is 11.1 Å². The predicted molar refractivity (Wildman–Crippen MR) is 54.5 cm³/mol. The van der Waals surface area contributed by atoms with Crippen LogP contribution in [0.4, 0.5) is 18.9 Å². The second-order valence-corrected chi connectivity index (χ2v) is 3.61. The molecule has 0 amide bonds. The number of rotatable bonds is 2. The van der Waals surface area contributed by atoms with E-state index in [1.54, 1.807) is 0 Å². The standard InChI is InChI=1S/C10H13F3N2O/c1-5(14)9(16)6-3-2-4-7(8(6)15)10(11,12)13/h2-5,9,16H,14-15H2,1H3. The van der Waals surface area contributed by atoms with E-state index in [0.717, 1.165) is 6.07 Å². The molecule has 6 heteroatoms. The number of aliphatic hydroxyl groups excluding tert-OH is 1. The molecule has 0 aliphatic rings. The molecule has 2 atom stereocenters. The fraction of sp³-hybridized carbons (Fsp3) is 0.400. The fourth-order valence-electron chi connectivity index (χ4n) is 1.37. The first-order valence-electron chi connectivity index (χ1n) is 4.64. The van der Waals surface area contributed by atoms with Crippen LogP contribution in [0.1, 0.15) is 24.2 Å². The molecule has 0 heterocycles. The summed E-state index contributed by atoms with van der Waals surface area (Å²) in [6.45, 7) is 1.49. The number of benzene rings is 1. The van der Waals surface area contributed by atoms with Gasteiger partial charge in [0.1, 0.15) is 0 Å². The number of nitrogen functional groups attached to an aromatic ring is 1. The van der Waals surface area contributed by atoms with Gasteiger partial charge in [-0.2, -0.15) is 13.2 Å². The van der Waals surface area contributed by atoms with Gasteiger partial charge >= 0.3 is 6.18 Å². The Morgan fingerprint density at radius 1 is 1.31 bits per heavy atom. The molecule has 0 radical (unpaired) electrons. The van der Waals surface area contributed by atoms with Crippen molar-refractivity contribution in [2.75, 3.05) is 5.73 Å². The van der Waals surface area contributed by atoms with Gasteiger partial charge in [0, 0.05) is 17.3 Å². The second-order valence-electron chi connectivity index (χ2n) is 3.61. The topological polar surface area (TPSA) is 72.3 Å². The molecule has 0 spiro atoms. The molecule has 0 aliphatic heterocycles. The molecule has 0 fully saturated rings. The first-order valence-corrected chi connectivity index (χ1v) is 4.64. The van der Waals surface area contributed by atoms with E-state index in [1.807, 2.05) is 0 Å². The van der Waals surface area contributed by atoms with Crippen molar-refractivity contribution in [1.82, 2.24) is 0 Å². The minimum atomic E-state index is -4.53. The summed E-state index contributed by atoms with van der Waals surface area (Å²) in [7, 11) is 0. The molecule has 0 saturated carbocycles. The van der Waals surface area contributed by atoms with Crippen LogP contribution in [0.25, 0.3) is 0 Å². The summed E-state index contributed by atoms with van der Waals surface area (Å²) in [5.41, 5.74) is 9.36. The lowest BCUT2D eigenvalue weighted by molar-refractivity contribution is -0.137. The van der Waals surface area contributed by atoms with Crippen LogP contribution in [-0.2, 0) is 6.18 Å². The van der Waals surface area contributed by atoms with E-state index in [2.05, 4.69) is 0 Å². The monoisotopic (exact) mass is 234 g/mol. The summed E-state index contributed by atoms with van der Waals surface area (Å²) in [6, 6.07) is 2.71. The Morgan fingerprint density at radius 2 is 1.88 bits per heavy atom. The lowest BCUT2D eigenvalue weighted by atomic mass is 9.99. The normalized spacial score (nSPS) is 15.9. The van der Waals surface area contributed by atoms with Crippen LogP contribution in [0.2, 0.25) is 0 Å². The average Bonchev–Trinajstić information content (AvgIpc) is 2.15. The van der Waals surface area contributed by atoms with Crippen LogP contribution in [0.5, 0.6) is 0 Å². The maximum Gasteiger partial charge on any atom is 0.418 e. The number of nitrogens with two attached hydrogens (primary N) is 2. The van der Waals surface area contributed by atoms with Gasteiger partial charge in [-0.3, -0.25) is 0 Å². The first-order chi connectivity index (χ1) is 7.25. The van der Waals surface area contributed by atoms with Crippen molar-refractivity contribution in [2.45, 2.75) is 25.2 Å². The van der Waals surface area contributed by atoms with E-state index < -0.39 is 29.6 Å². The smallest absolute Gasteiger partial charge is 0.398 e. The minimum Gasteiger partial charge on any atom is -0.398 e. The number of aliphatic hydroxyl groups is 1. The highest BCUT2D eigenvalue weighted by atomic mass is 19.4. The van der Waals surface area contributed by atoms with Gasteiger partial charge in [-0.15, -0.1) is 0 Å². The zero-order valence-electron chi connectivity index (χ0n) is 8.62. The van der Waals surface area contributed by atoms with Crippen LogP contribution >= 0.6 is 0 Å². The van der Waals surface area contributed by atoms with Gasteiger partial charge in [-0.05, 0) is 13.0 Å². The number of hydrogen-bond acceptors (Lipinski definition) is 3. The van der Waals surface area contributed by atoms with Crippen LogP contribution in [0.3, 0.4) is 0 Å². The van der Waals surface area contributed by atoms with E-state index in [1.165, 1.54) is 19.1 Å². The summed E-state index contributed by atoms with van der Waals surface area (Å²) in [6.07, 6.45) is -5.74. The van der Waals surface area contributed by atoms with Gasteiger partial charge in [0.15, 0.2) is 0 Å². The van der Waals surface area contributed by atoms with Crippen molar-refractivity contribution < 1.29 is 18.3 Å². The molecule has 0 bridgehead atoms. The maximum atomic E-state index is 12.5. The molecular formula is C10H13F3N2O. The van der Waals surface area contributed by atoms with Crippen molar-refractivity contribution in [3.63, 3.8) is 0 Å². The van der Waals surface area contributed by atoms with Crippen LogP contribution < -0.4 is 11.5 Å². The number of alkyl halides is 3. The van der Waals surface area contributed by atoms with Gasteiger partial charge in [-0.25, -0.2) is 0 Å². The molecule has 2 unspecified atom stereocenters. The second kappa shape index (κ2) is 4.31. The van der Waals surface area contributed by atoms with E-state index in [-0.39, 0.29) is 5.56 Å². The highest BCUT2D eigenvalue weighted by Gasteiger charge is 2.34. The summed E-state index contributed by atoms with van der Waals surface area (Å²) in [4.78, 5) is 0. The third kappa shape index (κ3) is 2.45. The summed E-state index contributed by atoms with van der Waals surface area (Å²) >= 11 is 0. The number of hydrogen-bond donors (Lipinski definition) is 3. The average molecular weight is 234 g/mol.